The highest BCUT2D eigenvalue weighted by molar-refractivity contribution is 6.32. The lowest BCUT2D eigenvalue weighted by Crippen LogP contribution is -2.06. The van der Waals surface area contributed by atoms with Crippen LogP contribution in [0.25, 0.3) is 0 Å². The molecule has 0 atom stereocenters. The van der Waals surface area contributed by atoms with Gasteiger partial charge in [-0.05, 0) is 55.3 Å². The second-order valence-electron chi connectivity index (χ2n) is 5.45. The van der Waals surface area contributed by atoms with E-state index in [0.717, 1.165) is 17.4 Å². The summed E-state index contributed by atoms with van der Waals surface area (Å²) in [4.78, 5) is 10.8. The van der Waals surface area contributed by atoms with E-state index in [1.165, 1.54) is 0 Å². The van der Waals surface area contributed by atoms with E-state index in [4.69, 9.17) is 25.8 Å². The van der Waals surface area contributed by atoms with Crippen LogP contribution in [0.2, 0.25) is 5.02 Å². The van der Waals surface area contributed by atoms with Crippen LogP contribution in [-0.4, -0.2) is 26.6 Å². The van der Waals surface area contributed by atoms with Gasteiger partial charge in [-0.2, -0.15) is 0 Å². The summed E-state index contributed by atoms with van der Waals surface area (Å²) in [6, 6.07) is 8.91. The first-order valence-corrected chi connectivity index (χ1v) is 8.08. The molecule has 0 heterocycles. The fourth-order valence-electron chi connectivity index (χ4n) is 2.16. The molecule has 24 heavy (non-hydrogen) atoms. The van der Waals surface area contributed by atoms with Crippen molar-refractivity contribution in [3.05, 3.63) is 52.0 Å². The van der Waals surface area contributed by atoms with Crippen LogP contribution in [0.1, 0.15) is 27.9 Å². The van der Waals surface area contributed by atoms with Gasteiger partial charge in [-0.3, -0.25) is 4.79 Å². The number of halogens is 1. The molecule has 5 heteroatoms. The van der Waals surface area contributed by atoms with E-state index in [1.54, 1.807) is 25.3 Å². The maximum absolute atomic E-state index is 10.8. The van der Waals surface area contributed by atoms with Gasteiger partial charge in [-0.15, -0.1) is 0 Å². The van der Waals surface area contributed by atoms with E-state index < -0.39 is 0 Å². The van der Waals surface area contributed by atoms with Gasteiger partial charge in [0.1, 0.15) is 12.0 Å². The second-order valence-corrected chi connectivity index (χ2v) is 5.85. The molecule has 0 fully saturated rings. The fourth-order valence-corrected chi connectivity index (χ4v) is 2.44. The van der Waals surface area contributed by atoms with Crippen LogP contribution in [0.4, 0.5) is 0 Å². The Morgan fingerprint density at radius 1 is 0.958 bits per heavy atom. The van der Waals surface area contributed by atoms with Gasteiger partial charge in [0.2, 0.25) is 0 Å². The largest absolute Gasteiger partial charge is 0.493 e. The molecule has 0 unspecified atom stereocenters. The Kier molecular flexibility index (Phi) is 6.50. The number of benzene rings is 2. The summed E-state index contributed by atoms with van der Waals surface area (Å²) in [7, 11) is 1.54. The summed E-state index contributed by atoms with van der Waals surface area (Å²) in [5, 5.41) is 0.616. The maximum Gasteiger partial charge on any atom is 0.161 e. The van der Waals surface area contributed by atoms with Crippen LogP contribution in [0.15, 0.2) is 30.3 Å². The van der Waals surface area contributed by atoms with Crippen molar-refractivity contribution in [2.24, 2.45) is 0 Å². The Morgan fingerprint density at radius 2 is 1.62 bits per heavy atom. The van der Waals surface area contributed by atoms with Gasteiger partial charge in [-0.1, -0.05) is 11.6 Å². The summed E-state index contributed by atoms with van der Waals surface area (Å²) in [5.41, 5.74) is 2.83. The summed E-state index contributed by atoms with van der Waals surface area (Å²) in [6.07, 6.45) is 1.47. The molecule has 0 spiro atoms. The predicted molar refractivity (Wildman–Crippen MR) is 94.9 cm³/mol. The lowest BCUT2D eigenvalue weighted by atomic mass is 10.1. The first-order valence-electron chi connectivity index (χ1n) is 7.70. The molecule has 0 saturated carbocycles. The van der Waals surface area contributed by atoms with Gasteiger partial charge in [0.15, 0.2) is 11.5 Å². The highest BCUT2D eigenvalue weighted by Gasteiger charge is 2.07. The minimum atomic E-state index is 0.471. The molecular formula is C19H21ClO4. The van der Waals surface area contributed by atoms with Gasteiger partial charge in [0.05, 0.1) is 25.3 Å². The van der Waals surface area contributed by atoms with E-state index in [0.29, 0.717) is 47.5 Å². The molecular weight excluding hydrogens is 328 g/mol. The Labute approximate surface area is 147 Å². The van der Waals surface area contributed by atoms with Gasteiger partial charge in [-0.25, -0.2) is 0 Å². The molecule has 2 aromatic rings. The van der Waals surface area contributed by atoms with E-state index in [9.17, 15) is 4.79 Å². The molecule has 0 N–H and O–H groups in total. The molecule has 0 bridgehead atoms. The number of hydrogen-bond acceptors (Lipinski definition) is 4. The molecule has 2 aromatic carbocycles. The molecule has 4 nitrogen and oxygen atoms in total. The third kappa shape index (κ3) is 4.65. The van der Waals surface area contributed by atoms with Crippen molar-refractivity contribution in [2.45, 2.75) is 20.3 Å². The van der Waals surface area contributed by atoms with E-state index in [-0.39, 0.29) is 0 Å². The Hall–Kier alpha value is -2.20. The fraction of sp³-hybridized carbons (Fsp3) is 0.316. The molecule has 0 radical (unpaired) electrons. The van der Waals surface area contributed by atoms with E-state index in [2.05, 4.69) is 0 Å². The first-order chi connectivity index (χ1) is 11.5. The van der Waals surface area contributed by atoms with Gasteiger partial charge in [0.25, 0.3) is 0 Å². The molecule has 0 saturated heterocycles. The van der Waals surface area contributed by atoms with Crippen molar-refractivity contribution < 1.29 is 19.0 Å². The highest BCUT2D eigenvalue weighted by Crippen LogP contribution is 2.29. The topological polar surface area (TPSA) is 44.8 Å². The third-order valence-electron chi connectivity index (χ3n) is 3.68. The molecule has 0 aliphatic rings. The number of methoxy groups -OCH3 is 1. The number of hydrogen-bond donors (Lipinski definition) is 0. The molecule has 2 rings (SSSR count). The van der Waals surface area contributed by atoms with Crippen molar-refractivity contribution in [1.82, 2.24) is 0 Å². The Morgan fingerprint density at radius 3 is 2.29 bits per heavy atom. The van der Waals surface area contributed by atoms with Crippen molar-refractivity contribution in [3.8, 4) is 17.2 Å². The summed E-state index contributed by atoms with van der Waals surface area (Å²) in [5.74, 6) is 1.83. The standard InChI is InChI=1S/C19H21ClO4/c1-13-9-16(20)18(10-14(13)2)24-8-4-7-23-17-6-5-15(12-21)11-19(17)22-3/h5-6,9-12H,4,7-8H2,1-3H3. The maximum atomic E-state index is 10.8. The minimum Gasteiger partial charge on any atom is -0.493 e. The first kappa shape index (κ1) is 18.1. The van der Waals surface area contributed by atoms with Gasteiger partial charge in [0, 0.05) is 12.0 Å². The Balaban J connectivity index is 1.83. The third-order valence-corrected chi connectivity index (χ3v) is 3.97. The molecule has 0 aromatic heterocycles. The van der Waals surface area contributed by atoms with Crippen LogP contribution < -0.4 is 14.2 Å². The molecule has 0 amide bonds. The number of ether oxygens (including phenoxy) is 3. The average molecular weight is 349 g/mol. The average Bonchev–Trinajstić information content (AvgIpc) is 2.58. The van der Waals surface area contributed by atoms with Crippen LogP contribution in [0.3, 0.4) is 0 Å². The normalized spacial score (nSPS) is 10.3. The zero-order valence-corrected chi connectivity index (χ0v) is 14.9. The quantitative estimate of drug-likeness (QED) is 0.515. The summed E-state index contributed by atoms with van der Waals surface area (Å²) >= 11 is 6.18. The van der Waals surface area contributed by atoms with Gasteiger partial charge < -0.3 is 14.2 Å². The lowest BCUT2D eigenvalue weighted by Gasteiger charge is -2.12. The second kappa shape index (κ2) is 8.60. The number of aldehydes is 1. The lowest BCUT2D eigenvalue weighted by molar-refractivity contribution is 0.112. The Bertz CT molecular complexity index is 713. The minimum absolute atomic E-state index is 0.471. The van der Waals surface area contributed by atoms with Crippen LogP contribution in [0, 0.1) is 13.8 Å². The smallest absolute Gasteiger partial charge is 0.161 e. The van der Waals surface area contributed by atoms with E-state index >= 15 is 0 Å². The molecule has 128 valence electrons. The SMILES string of the molecule is COc1cc(C=O)ccc1OCCCOc1cc(C)c(C)cc1Cl. The molecule has 0 aliphatic heterocycles. The van der Waals surface area contributed by atoms with Crippen LogP contribution in [-0.2, 0) is 0 Å². The number of carbonyl (C=O) groups is 1. The van der Waals surface area contributed by atoms with Crippen molar-refractivity contribution in [2.75, 3.05) is 20.3 Å². The number of rotatable bonds is 8. The molecule has 0 aliphatic carbocycles. The predicted octanol–water partition coefficient (Wildman–Crippen LogP) is 4.63. The van der Waals surface area contributed by atoms with Crippen LogP contribution >= 0.6 is 11.6 Å². The zero-order chi connectivity index (χ0) is 17.5. The van der Waals surface area contributed by atoms with Crippen LogP contribution in [0.5, 0.6) is 17.2 Å². The summed E-state index contributed by atoms with van der Waals surface area (Å²) in [6.45, 7) is 5.01. The highest BCUT2D eigenvalue weighted by atomic mass is 35.5. The van der Waals surface area contributed by atoms with Crippen molar-refractivity contribution in [3.63, 3.8) is 0 Å². The van der Waals surface area contributed by atoms with E-state index in [1.807, 2.05) is 26.0 Å². The number of carbonyl (C=O) groups excluding carboxylic acids is 1. The zero-order valence-electron chi connectivity index (χ0n) is 14.1. The van der Waals surface area contributed by atoms with Crippen molar-refractivity contribution in [1.29, 1.82) is 0 Å². The monoisotopic (exact) mass is 348 g/mol. The van der Waals surface area contributed by atoms with Crippen molar-refractivity contribution >= 4 is 17.9 Å². The summed E-state index contributed by atoms with van der Waals surface area (Å²) < 4.78 is 16.6. The van der Waals surface area contributed by atoms with Gasteiger partial charge >= 0.3 is 0 Å². The number of aryl methyl sites for hydroxylation is 2.